The number of para-hydroxylation sites is 1. The van der Waals surface area contributed by atoms with Crippen LogP contribution < -0.4 is 5.32 Å². The van der Waals surface area contributed by atoms with Crippen LogP contribution in [0.2, 0.25) is 0 Å². The van der Waals surface area contributed by atoms with Gasteiger partial charge in [-0.25, -0.2) is 4.79 Å². The van der Waals surface area contributed by atoms with Gasteiger partial charge >= 0.3 is 6.03 Å². The number of amides is 2. The maximum absolute atomic E-state index is 12.4. The molecule has 1 aliphatic heterocycles. The topological polar surface area (TPSA) is 37.3 Å². The maximum Gasteiger partial charge on any atom is 0.322 e. The largest absolute Gasteiger partial charge is 0.348 e. The summed E-state index contributed by atoms with van der Waals surface area (Å²) in [6, 6.07) is 11.8. The summed E-state index contributed by atoms with van der Waals surface area (Å²) in [5.41, 5.74) is 1.98. The fourth-order valence-corrected chi connectivity index (χ4v) is 2.99. The van der Waals surface area contributed by atoms with E-state index in [1.54, 1.807) is 0 Å². The van der Waals surface area contributed by atoms with E-state index in [0.717, 1.165) is 23.2 Å². The first-order valence-electron chi connectivity index (χ1n) is 6.64. The number of hydrogen-bond donors (Lipinski definition) is 1. The molecule has 2 aromatic rings. The Morgan fingerprint density at radius 1 is 1.25 bits per heavy atom. The lowest BCUT2D eigenvalue weighted by Gasteiger charge is -2.34. The van der Waals surface area contributed by atoms with Crippen LogP contribution in [0.5, 0.6) is 0 Å². The van der Waals surface area contributed by atoms with Crippen molar-refractivity contribution in [3.8, 4) is 0 Å². The van der Waals surface area contributed by atoms with Crippen molar-refractivity contribution in [2.24, 2.45) is 0 Å². The van der Waals surface area contributed by atoms with E-state index in [1.165, 1.54) is 5.69 Å². The third-order valence-electron chi connectivity index (χ3n) is 3.72. The molecule has 2 amide bonds. The van der Waals surface area contributed by atoms with Crippen molar-refractivity contribution in [2.45, 2.75) is 19.5 Å². The number of carbonyl (C=O) groups is 1. The van der Waals surface area contributed by atoms with Crippen molar-refractivity contribution < 1.29 is 4.79 Å². The fraction of sp³-hybridized carbons (Fsp3) is 0.267. The van der Waals surface area contributed by atoms with Gasteiger partial charge in [0.1, 0.15) is 0 Å². The summed E-state index contributed by atoms with van der Waals surface area (Å²) in [4.78, 5) is 14.3. The van der Waals surface area contributed by atoms with E-state index in [0.29, 0.717) is 0 Å². The van der Waals surface area contributed by atoms with Crippen LogP contribution in [0.1, 0.15) is 18.7 Å². The summed E-state index contributed by atoms with van der Waals surface area (Å²) in [6.07, 6.45) is 2.06. The molecule has 0 fully saturated rings. The molecular formula is C15H16BrN3O. The second-order valence-corrected chi connectivity index (χ2v) is 5.76. The highest BCUT2D eigenvalue weighted by atomic mass is 79.9. The number of fused-ring (bicyclic) bond motifs is 1. The molecule has 0 unspecified atom stereocenters. The van der Waals surface area contributed by atoms with Crippen molar-refractivity contribution >= 4 is 27.6 Å². The Bertz CT molecular complexity index is 638. The molecule has 0 radical (unpaired) electrons. The SMILES string of the molecule is C[C@H]1c2cccn2CCN1C(=O)Nc1ccccc1Br. The third kappa shape index (κ3) is 2.33. The molecule has 0 bridgehead atoms. The predicted octanol–water partition coefficient (Wildman–Crippen LogP) is 3.86. The first kappa shape index (κ1) is 13.2. The number of benzene rings is 1. The molecule has 3 rings (SSSR count). The second-order valence-electron chi connectivity index (χ2n) is 4.91. The van der Waals surface area contributed by atoms with Gasteiger partial charge in [0.25, 0.3) is 0 Å². The monoisotopic (exact) mass is 333 g/mol. The number of nitrogens with one attached hydrogen (secondary N) is 1. The van der Waals surface area contributed by atoms with E-state index in [2.05, 4.69) is 45.0 Å². The third-order valence-corrected chi connectivity index (χ3v) is 4.41. The molecule has 0 saturated heterocycles. The molecule has 1 aromatic carbocycles. The molecule has 104 valence electrons. The highest BCUT2D eigenvalue weighted by molar-refractivity contribution is 9.10. The lowest BCUT2D eigenvalue weighted by atomic mass is 10.1. The minimum atomic E-state index is -0.0585. The van der Waals surface area contributed by atoms with Crippen molar-refractivity contribution in [2.75, 3.05) is 11.9 Å². The van der Waals surface area contributed by atoms with Crippen LogP contribution in [-0.4, -0.2) is 22.0 Å². The van der Waals surface area contributed by atoms with Gasteiger partial charge < -0.3 is 14.8 Å². The van der Waals surface area contributed by atoms with Gasteiger partial charge in [-0.3, -0.25) is 0 Å². The zero-order valence-electron chi connectivity index (χ0n) is 11.2. The number of aromatic nitrogens is 1. The van der Waals surface area contributed by atoms with Gasteiger partial charge in [-0.15, -0.1) is 0 Å². The van der Waals surface area contributed by atoms with Gasteiger partial charge in [-0.1, -0.05) is 12.1 Å². The van der Waals surface area contributed by atoms with Gasteiger partial charge in [0.2, 0.25) is 0 Å². The number of urea groups is 1. The minimum Gasteiger partial charge on any atom is -0.348 e. The molecule has 1 aliphatic rings. The van der Waals surface area contributed by atoms with Crippen LogP contribution in [-0.2, 0) is 6.54 Å². The quantitative estimate of drug-likeness (QED) is 0.845. The first-order valence-corrected chi connectivity index (χ1v) is 7.43. The maximum atomic E-state index is 12.4. The van der Waals surface area contributed by atoms with Gasteiger partial charge in [-0.05, 0) is 47.1 Å². The number of rotatable bonds is 1. The highest BCUT2D eigenvalue weighted by Gasteiger charge is 2.27. The molecule has 2 heterocycles. The Hall–Kier alpha value is -1.75. The summed E-state index contributed by atoms with van der Waals surface area (Å²) in [5, 5.41) is 2.96. The Labute approximate surface area is 126 Å². The number of carbonyl (C=O) groups excluding carboxylic acids is 1. The van der Waals surface area contributed by atoms with Crippen LogP contribution in [0.4, 0.5) is 10.5 Å². The van der Waals surface area contributed by atoms with Crippen LogP contribution in [0.25, 0.3) is 0 Å². The fourth-order valence-electron chi connectivity index (χ4n) is 2.61. The van der Waals surface area contributed by atoms with E-state index in [9.17, 15) is 4.79 Å². The minimum absolute atomic E-state index is 0.0585. The highest BCUT2D eigenvalue weighted by Crippen LogP contribution is 2.27. The van der Waals surface area contributed by atoms with E-state index in [4.69, 9.17) is 0 Å². The summed E-state index contributed by atoms with van der Waals surface area (Å²) >= 11 is 3.45. The van der Waals surface area contributed by atoms with Gasteiger partial charge in [-0.2, -0.15) is 0 Å². The van der Waals surface area contributed by atoms with E-state index >= 15 is 0 Å². The van der Waals surface area contributed by atoms with Crippen LogP contribution in [0, 0.1) is 0 Å². The van der Waals surface area contributed by atoms with Crippen LogP contribution in [0.3, 0.4) is 0 Å². The van der Waals surface area contributed by atoms with Gasteiger partial charge in [0.15, 0.2) is 0 Å². The Balaban J connectivity index is 1.77. The predicted molar refractivity (Wildman–Crippen MR) is 82.7 cm³/mol. The average molecular weight is 334 g/mol. The zero-order valence-corrected chi connectivity index (χ0v) is 12.8. The molecule has 20 heavy (non-hydrogen) atoms. The molecule has 5 heteroatoms. The Morgan fingerprint density at radius 3 is 2.85 bits per heavy atom. The molecule has 1 N–H and O–H groups in total. The lowest BCUT2D eigenvalue weighted by Crippen LogP contribution is -2.43. The number of halogens is 1. The summed E-state index contributed by atoms with van der Waals surface area (Å²) < 4.78 is 3.09. The molecule has 4 nitrogen and oxygen atoms in total. The normalized spacial score (nSPS) is 17.7. The van der Waals surface area contributed by atoms with Crippen molar-refractivity contribution in [1.82, 2.24) is 9.47 Å². The summed E-state index contributed by atoms with van der Waals surface area (Å²) in [7, 11) is 0. The van der Waals surface area contributed by atoms with E-state index < -0.39 is 0 Å². The molecule has 1 atom stereocenters. The van der Waals surface area contributed by atoms with Gasteiger partial charge in [0, 0.05) is 29.5 Å². The van der Waals surface area contributed by atoms with Crippen LogP contribution in [0.15, 0.2) is 47.1 Å². The molecular weight excluding hydrogens is 318 g/mol. The average Bonchev–Trinajstić information content (AvgIpc) is 2.91. The molecule has 1 aromatic heterocycles. The second kappa shape index (κ2) is 5.32. The van der Waals surface area contributed by atoms with Crippen LogP contribution >= 0.6 is 15.9 Å². The number of anilines is 1. The van der Waals surface area contributed by atoms with Crippen molar-refractivity contribution in [1.29, 1.82) is 0 Å². The zero-order chi connectivity index (χ0) is 14.1. The lowest BCUT2D eigenvalue weighted by molar-refractivity contribution is 0.175. The summed E-state index contributed by atoms with van der Waals surface area (Å²) in [5.74, 6) is 0. The first-order chi connectivity index (χ1) is 9.66. The van der Waals surface area contributed by atoms with Gasteiger partial charge in [0.05, 0.1) is 11.7 Å². The Kier molecular flexibility index (Phi) is 3.53. The number of hydrogen-bond acceptors (Lipinski definition) is 1. The Morgan fingerprint density at radius 2 is 2.05 bits per heavy atom. The molecule has 0 saturated carbocycles. The standard InChI is InChI=1S/C15H16BrN3O/c1-11-14-7-4-8-18(14)9-10-19(11)15(20)17-13-6-3-2-5-12(13)16/h2-8,11H,9-10H2,1H3,(H,17,20)/t11-/m0/s1. The summed E-state index contributed by atoms with van der Waals surface area (Å²) in [6.45, 7) is 3.62. The van der Waals surface area contributed by atoms with E-state index in [1.807, 2.05) is 35.2 Å². The number of nitrogens with zero attached hydrogens (tertiary/aromatic N) is 2. The van der Waals surface area contributed by atoms with E-state index in [-0.39, 0.29) is 12.1 Å². The van der Waals surface area contributed by atoms with Crippen molar-refractivity contribution in [3.05, 3.63) is 52.8 Å². The van der Waals surface area contributed by atoms with Crippen molar-refractivity contribution in [3.63, 3.8) is 0 Å². The smallest absolute Gasteiger partial charge is 0.322 e. The molecule has 0 aliphatic carbocycles. The molecule has 0 spiro atoms.